The number of unbranched alkanes of at least 4 members (excludes halogenated alkanes) is 9. The topological polar surface area (TPSA) is 86.3 Å². The maximum Gasteiger partial charge on any atom is 1.00 e. The number of nitrogens with one attached hydrogen (secondary N) is 1. The van der Waals surface area contributed by atoms with Crippen molar-refractivity contribution in [2.75, 3.05) is 6.54 Å². The first kappa shape index (κ1) is 26.0. The molecule has 0 radical (unpaired) electrons. The maximum absolute atomic E-state index is 11.5. The van der Waals surface area contributed by atoms with Crippen molar-refractivity contribution in [3.05, 3.63) is 11.5 Å². The van der Waals surface area contributed by atoms with Crippen LogP contribution in [-0.4, -0.2) is 20.9 Å². The largest absolute Gasteiger partial charge is 1.00 e. The van der Waals surface area contributed by atoms with Crippen molar-refractivity contribution in [2.45, 2.75) is 77.6 Å². The van der Waals surface area contributed by atoms with Gasteiger partial charge < -0.3 is 9.90 Å². The van der Waals surface area contributed by atoms with Gasteiger partial charge in [-0.2, -0.15) is 0 Å². The van der Waals surface area contributed by atoms with Crippen molar-refractivity contribution in [1.82, 2.24) is 4.72 Å². The molecule has 7 heteroatoms. The fourth-order valence-corrected chi connectivity index (χ4v) is 2.98. The molecule has 5 nitrogen and oxygen atoms in total. The van der Waals surface area contributed by atoms with Crippen molar-refractivity contribution < 1.29 is 69.7 Å². The number of hydrogen-bond donors (Lipinski definition) is 1. The van der Waals surface area contributed by atoms with E-state index in [4.69, 9.17) is 0 Å². The molecule has 0 atom stereocenters. The zero-order valence-electron chi connectivity index (χ0n) is 14.7. The van der Waals surface area contributed by atoms with Gasteiger partial charge in [0.25, 0.3) is 0 Å². The smallest absolute Gasteiger partial charge is 0.550 e. The molecule has 0 fully saturated rings. The van der Waals surface area contributed by atoms with Gasteiger partial charge in [-0.1, -0.05) is 64.4 Å². The Labute approximate surface area is 184 Å². The van der Waals surface area contributed by atoms with Gasteiger partial charge in [-0.25, -0.2) is 13.1 Å². The number of carbonyl (C=O) groups excluding carboxylic acids is 1. The third kappa shape index (κ3) is 20.7. The monoisotopic (exact) mass is 371 g/mol. The van der Waals surface area contributed by atoms with Gasteiger partial charge in [0, 0.05) is 24.3 Å². The number of carbonyl (C=O) groups is 1. The molecular weight excluding hydrogens is 341 g/mol. The normalized spacial score (nSPS) is 11.5. The fourth-order valence-electron chi connectivity index (χ4n) is 2.11. The second-order valence-electron chi connectivity index (χ2n) is 5.55. The van der Waals surface area contributed by atoms with Gasteiger partial charge in [0.2, 0.25) is 10.0 Å². The first-order valence-corrected chi connectivity index (χ1v) is 9.88. The van der Waals surface area contributed by atoms with Crippen molar-refractivity contribution in [2.24, 2.45) is 0 Å². The molecule has 0 saturated heterocycles. The minimum atomic E-state index is -3.51. The van der Waals surface area contributed by atoms with E-state index in [1.165, 1.54) is 44.9 Å². The maximum atomic E-state index is 11.5. The first-order chi connectivity index (χ1) is 10.5. The second-order valence-corrected chi connectivity index (χ2v) is 7.20. The quantitative estimate of drug-likeness (QED) is 0.310. The van der Waals surface area contributed by atoms with Crippen LogP contribution in [0.15, 0.2) is 11.5 Å². The van der Waals surface area contributed by atoms with Crippen LogP contribution >= 0.6 is 0 Å². The number of carboxylic acids is 1. The Morgan fingerprint density at radius 1 is 1.00 bits per heavy atom. The van der Waals surface area contributed by atoms with Gasteiger partial charge in [0.15, 0.2) is 0 Å². The van der Waals surface area contributed by atoms with E-state index in [2.05, 4.69) is 11.6 Å². The molecule has 130 valence electrons. The molecule has 0 rings (SSSR count). The van der Waals surface area contributed by atoms with E-state index < -0.39 is 16.0 Å². The molecule has 0 aromatic carbocycles. The van der Waals surface area contributed by atoms with Crippen molar-refractivity contribution in [1.29, 1.82) is 0 Å². The molecule has 0 aromatic rings. The molecule has 23 heavy (non-hydrogen) atoms. The van der Waals surface area contributed by atoms with E-state index >= 15 is 0 Å². The SMILES string of the molecule is CCCCCCCCCCC/C=C/S(=O)(=O)NCCC(=O)[O-].[K+]. The Bertz CT molecular complexity index is 410. The Morgan fingerprint density at radius 2 is 1.52 bits per heavy atom. The van der Waals surface area contributed by atoms with Crippen molar-refractivity contribution >= 4 is 16.0 Å². The Balaban J connectivity index is 0. The Morgan fingerprint density at radius 3 is 2.04 bits per heavy atom. The molecular formula is C16H30KNO4S. The average molecular weight is 372 g/mol. The number of aliphatic carboxylic acids is 1. The zero-order valence-corrected chi connectivity index (χ0v) is 18.6. The number of sulfonamides is 1. The molecule has 0 aliphatic carbocycles. The molecule has 0 aliphatic rings. The third-order valence-corrected chi connectivity index (χ3v) is 4.54. The average Bonchev–Trinajstić information content (AvgIpc) is 2.44. The van der Waals surface area contributed by atoms with Gasteiger partial charge in [0.05, 0.1) is 0 Å². The van der Waals surface area contributed by atoms with Gasteiger partial charge in [-0.3, -0.25) is 0 Å². The van der Waals surface area contributed by atoms with Crippen LogP contribution in [0.4, 0.5) is 0 Å². The molecule has 0 heterocycles. The number of hydrogen-bond acceptors (Lipinski definition) is 4. The van der Waals surface area contributed by atoms with Gasteiger partial charge in [-0.05, 0) is 12.8 Å². The van der Waals surface area contributed by atoms with Crippen LogP contribution in [0.1, 0.15) is 77.6 Å². The zero-order chi connectivity index (χ0) is 16.7. The summed E-state index contributed by atoms with van der Waals surface area (Å²) in [6, 6.07) is 0. The molecule has 0 spiro atoms. The predicted molar refractivity (Wildman–Crippen MR) is 87.5 cm³/mol. The summed E-state index contributed by atoms with van der Waals surface area (Å²) in [5, 5.41) is 11.3. The summed E-state index contributed by atoms with van der Waals surface area (Å²) in [6.45, 7) is 2.08. The fraction of sp³-hybridized carbons (Fsp3) is 0.812. The third-order valence-electron chi connectivity index (χ3n) is 3.38. The molecule has 0 aromatic heterocycles. The van der Waals surface area contributed by atoms with Crippen molar-refractivity contribution in [3.63, 3.8) is 0 Å². The summed E-state index contributed by atoms with van der Waals surface area (Å²) in [5.41, 5.74) is 0. The van der Waals surface area contributed by atoms with Crippen LogP contribution in [-0.2, 0) is 14.8 Å². The van der Waals surface area contributed by atoms with E-state index in [0.717, 1.165) is 24.7 Å². The predicted octanol–water partition coefficient (Wildman–Crippen LogP) is -0.516. The Hall–Kier alpha value is 0.756. The van der Waals surface area contributed by atoms with E-state index in [1.54, 1.807) is 6.08 Å². The Kier molecular flexibility index (Phi) is 19.9. The standard InChI is InChI=1S/C16H31NO4S.K/c1-2-3-4-5-6-7-8-9-10-11-12-15-22(20,21)17-14-13-16(18)19;/h12,15,17H,2-11,13-14H2,1H3,(H,18,19);/q;+1/p-1/b15-12+;. The van der Waals surface area contributed by atoms with Gasteiger partial charge >= 0.3 is 51.4 Å². The van der Waals surface area contributed by atoms with Crippen LogP contribution in [0, 0.1) is 0 Å². The molecule has 1 N–H and O–H groups in total. The van der Waals surface area contributed by atoms with Gasteiger partial charge in [0.1, 0.15) is 0 Å². The second kappa shape index (κ2) is 17.6. The van der Waals surface area contributed by atoms with E-state index in [9.17, 15) is 18.3 Å². The molecule has 0 bridgehead atoms. The number of carboxylic acid groups (broad SMARTS) is 1. The summed E-state index contributed by atoms with van der Waals surface area (Å²) < 4.78 is 25.1. The molecule has 0 amide bonds. The van der Waals surface area contributed by atoms with Gasteiger partial charge in [-0.15, -0.1) is 0 Å². The van der Waals surface area contributed by atoms with Crippen molar-refractivity contribution in [3.8, 4) is 0 Å². The van der Waals surface area contributed by atoms with E-state index in [-0.39, 0.29) is 64.4 Å². The molecule has 0 saturated carbocycles. The van der Waals surface area contributed by atoms with Crippen LogP contribution in [0.25, 0.3) is 0 Å². The number of allylic oxidation sites excluding steroid dienone is 1. The summed E-state index contributed by atoms with van der Waals surface area (Å²) >= 11 is 0. The summed E-state index contributed by atoms with van der Waals surface area (Å²) in [6.07, 6.45) is 13.2. The molecule has 0 aliphatic heterocycles. The first-order valence-electron chi connectivity index (χ1n) is 8.34. The van der Waals surface area contributed by atoms with E-state index in [1.807, 2.05) is 0 Å². The van der Waals surface area contributed by atoms with Crippen LogP contribution in [0.5, 0.6) is 0 Å². The molecule has 0 unspecified atom stereocenters. The van der Waals surface area contributed by atoms with Crippen LogP contribution < -0.4 is 61.2 Å². The van der Waals surface area contributed by atoms with Crippen LogP contribution in [0.3, 0.4) is 0 Å². The minimum Gasteiger partial charge on any atom is -0.550 e. The summed E-state index contributed by atoms with van der Waals surface area (Å²) in [7, 11) is -3.51. The number of rotatable bonds is 15. The summed E-state index contributed by atoms with van der Waals surface area (Å²) in [5.74, 6) is -1.26. The van der Waals surface area contributed by atoms with E-state index in [0.29, 0.717) is 0 Å². The summed E-state index contributed by atoms with van der Waals surface area (Å²) in [4.78, 5) is 10.2. The minimum absolute atomic E-state index is 0. The van der Waals surface area contributed by atoms with Crippen LogP contribution in [0.2, 0.25) is 0 Å².